The largest absolute Gasteiger partial charge is 0.359 e. The number of hydrogen-bond acceptors (Lipinski definition) is 2. The van der Waals surface area contributed by atoms with Gasteiger partial charge in [-0.15, -0.1) is 0 Å². The number of sulfonamides is 1. The molecule has 1 aromatic heterocycles. The van der Waals surface area contributed by atoms with E-state index in [9.17, 15) is 8.42 Å². The number of fused-ring (bicyclic) bond motifs is 2. The molecule has 0 spiro atoms. The molecule has 3 aromatic rings. The van der Waals surface area contributed by atoms with Crippen LogP contribution in [0, 0.1) is 0 Å². The Hall–Kier alpha value is -2.27. The van der Waals surface area contributed by atoms with Gasteiger partial charge in [0, 0.05) is 17.0 Å². The zero-order chi connectivity index (χ0) is 18.4. The number of aromatic nitrogens is 1. The third-order valence-electron chi connectivity index (χ3n) is 5.71. The lowest BCUT2D eigenvalue weighted by Crippen LogP contribution is -2.31. The number of para-hydroxylation sites is 1. The van der Waals surface area contributed by atoms with Crippen molar-refractivity contribution in [2.24, 2.45) is 0 Å². The Balaban J connectivity index is 1.93. The number of nitrogens with one attached hydrogen (secondary N) is 2. The van der Waals surface area contributed by atoms with Crippen molar-refractivity contribution in [3.05, 3.63) is 65.4 Å². The first-order valence-electron chi connectivity index (χ1n) is 9.11. The van der Waals surface area contributed by atoms with E-state index in [1.807, 2.05) is 6.07 Å². The quantitative estimate of drug-likeness (QED) is 0.708. The molecule has 136 valence electrons. The summed E-state index contributed by atoms with van der Waals surface area (Å²) in [6.45, 7) is 2.25. The summed E-state index contributed by atoms with van der Waals surface area (Å²) in [5, 5.41) is 1.09. The van der Waals surface area contributed by atoms with Gasteiger partial charge in [-0.3, -0.25) is 4.72 Å². The molecule has 0 saturated heterocycles. The number of rotatable bonds is 4. The summed E-state index contributed by atoms with van der Waals surface area (Å²) in [4.78, 5) is 3.34. The van der Waals surface area contributed by atoms with Crippen molar-refractivity contribution in [1.29, 1.82) is 0 Å². The zero-order valence-corrected chi connectivity index (χ0v) is 16.0. The molecule has 0 fully saturated rings. The van der Waals surface area contributed by atoms with Crippen LogP contribution in [-0.2, 0) is 21.9 Å². The maximum atomic E-state index is 11.7. The van der Waals surface area contributed by atoms with Crippen LogP contribution in [0.4, 0.5) is 5.69 Å². The van der Waals surface area contributed by atoms with Gasteiger partial charge in [0.15, 0.2) is 0 Å². The molecule has 26 heavy (non-hydrogen) atoms. The van der Waals surface area contributed by atoms with Gasteiger partial charge in [0.2, 0.25) is 10.0 Å². The van der Waals surface area contributed by atoms with Crippen molar-refractivity contribution < 1.29 is 8.42 Å². The molecule has 0 saturated carbocycles. The molecule has 1 unspecified atom stereocenters. The normalized spacial score (nSPS) is 20.1. The van der Waals surface area contributed by atoms with Gasteiger partial charge in [-0.05, 0) is 48.4 Å². The Morgan fingerprint density at radius 1 is 1.12 bits per heavy atom. The average Bonchev–Trinajstić information content (AvgIpc) is 3.05. The summed E-state index contributed by atoms with van der Waals surface area (Å²) in [6.07, 6.45) is 7.67. The van der Waals surface area contributed by atoms with E-state index in [4.69, 9.17) is 0 Å². The van der Waals surface area contributed by atoms with Crippen molar-refractivity contribution in [2.45, 2.75) is 38.0 Å². The molecular formula is C21H24N2O2S. The first-order valence-corrected chi connectivity index (χ1v) is 11.0. The highest BCUT2D eigenvalue weighted by Gasteiger charge is 2.38. The molecule has 0 amide bonds. The Morgan fingerprint density at radius 2 is 1.92 bits per heavy atom. The van der Waals surface area contributed by atoms with E-state index in [0.717, 1.165) is 30.2 Å². The predicted octanol–water partition coefficient (Wildman–Crippen LogP) is 4.57. The van der Waals surface area contributed by atoms with Crippen LogP contribution in [0.15, 0.2) is 48.7 Å². The molecule has 0 bridgehead atoms. The molecule has 4 rings (SSSR count). The lowest BCUT2D eigenvalue weighted by atomic mass is 9.64. The highest BCUT2D eigenvalue weighted by Crippen LogP contribution is 2.47. The Labute approximate surface area is 154 Å². The van der Waals surface area contributed by atoms with E-state index < -0.39 is 10.0 Å². The molecule has 4 nitrogen and oxygen atoms in total. The Morgan fingerprint density at radius 3 is 2.69 bits per heavy atom. The van der Waals surface area contributed by atoms with E-state index in [2.05, 4.69) is 53.2 Å². The predicted molar refractivity (Wildman–Crippen MR) is 107 cm³/mol. The SMILES string of the molecule is CCC1(c2c[nH]c3c(NS(C)(=O)=O)cccc23)CCCc2ccccc21. The van der Waals surface area contributed by atoms with Gasteiger partial charge in [-0.2, -0.15) is 0 Å². The Kier molecular flexibility index (Phi) is 4.07. The minimum Gasteiger partial charge on any atom is -0.359 e. The number of anilines is 1. The first kappa shape index (κ1) is 17.2. The molecule has 1 atom stereocenters. The monoisotopic (exact) mass is 368 g/mol. The third-order valence-corrected chi connectivity index (χ3v) is 6.30. The Bertz CT molecular complexity index is 1070. The second-order valence-electron chi connectivity index (χ2n) is 7.25. The van der Waals surface area contributed by atoms with E-state index >= 15 is 0 Å². The summed E-state index contributed by atoms with van der Waals surface area (Å²) in [5.41, 5.74) is 5.53. The molecule has 2 aromatic carbocycles. The van der Waals surface area contributed by atoms with Crippen LogP contribution >= 0.6 is 0 Å². The van der Waals surface area contributed by atoms with Crippen LogP contribution < -0.4 is 4.72 Å². The minimum atomic E-state index is -3.32. The average molecular weight is 369 g/mol. The number of aromatic amines is 1. The van der Waals surface area contributed by atoms with Crippen molar-refractivity contribution >= 4 is 26.6 Å². The lowest BCUT2D eigenvalue weighted by molar-refractivity contribution is 0.417. The van der Waals surface area contributed by atoms with Gasteiger partial charge >= 0.3 is 0 Å². The zero-order valence-electron chi connectivity index (χ0n) is 15.2. The summed E-state index contributed by atoms with van der Waals surface area (Å²) in [5.74, 6) is 0. The van der Waals surface area contributed by atoms with Crippen LogP contribution in [0.25, 0.3) is 10.9 Å². The molecule has 1 aliphatic rings. The van der Waals surface area contributed by atoms with Crippen LogP contribution in [0.5, 0.6) is 0 Å². The second-order valence-corrected chi connectivity index (χ2v) is 9.00. The van der Waals surface area contributed by atoms with E-state index in [-0.39, 0.29) is 5.41 Å². The molecule has 1 aliphatic carbocycles. The van der Waals surface area contributed by atoms with Crippen molar-refractivity contribution in [2.75, 3.05) is 11.0 Å². The third kappa shape index (κ3) is 2.71. The van der Waals surface area contributed by atoms with Gasteiger partial charge in [-0.1, -0.05) is 43.3 Å². The van der Waals surface area contributed by atoms with Gasteiger partial charge in [0.1, 0.15) is 0 Å². The van der Waals surface area contributed by atoms with Crippen molar-refractivity contribution in [1.82, 2.24) is 4.98 Å². The summed E-state index contributed by atoms with van der Waals surface area (Å²) in [6, 6.07) is 14.6. The van der Waals surface area contributed by atoms with E-state index in [0.29, 0.717) is 5.69 Å². The fourth-order valence-electron chi connectivity index (χ4n) is 4.59. The first-order chi connectivity index (χ1) is 12.4. The molecule has 5 heteroatoms. The fraction of sp³-hybridized carbons (Fsp3) is 0.333. The van der Waals surface area contributed by atoms with Gasteiger partial charge in [0.25, 0.3) is 0 Å². The summed E-state index contributed by atoms with van der Waals surface area (Å²) in [7, 11) is -3.32. The molecular weight excluding hydrogens is 344 g/mol. The highest BCUT2D eigenvalue weighted by atomic mass is 32.2. The molecule has 1 heterocycles. The van der Waals surface area contributed by atoms with E-state index in [1.54, 1.807) is 6.07 Å². The maximum absolute atomic E-state index is 11.7. The minimum absolute atomic E-state index is 0.0309. The fourth-order valence-corrected chi connectivity index (χ4v) is 5.16. The van der Waals surface area contributed by atoms with Crippen molar-refractivity contribution in [3.8, 4) is 0 Å². The number of hydrogen-bond donors (Lipinski definition) is 2. The van der Waals surface area contributed by atoms with Gasteiger partial charge in [0.05, 0.1) is 17.5 Å². The highest BCUT2D eigenvalue weighted by molar-refractivity contribution is 7.92. The van der Waals surface area contributed by atoms with Gasteiger partial charge < -0.3 is 4.98 Å². The van der Waals surface area contributed by atoms with Crippen LogP contribution in [0.1, 0.15) is 42.9 Å². The second kappa shape index (κ2) is 6.16. The maximum Gasteiger partial charge on any atom is 0.229 e. The number of benzene rings is 2. The van der Waals surface area contributed by atoms with Crippen LogP contribution in [0.3, 0.4) is 0 Å². The van der Waals surface area contributed by atoms with E-state index in [1.165, 1.54) is 29.4 Å². The molecule has 0 radical (unpaired) electrons. The number of H-pyrrole nitrogens is 1. The lowest BCUT2D eigenvalue weighted by Gasteiger charge is -2.39. The number of aryl methyl sites for hydroxylation is 1. The van der Waals surface area contributed by atoms with Crippen molar-refractivity contribution in [3.63, 3.8) is 0 Å². The molecule has 0 aliphatic heterocycles. The summed E-state index contributed by atoms with van der Waals surface area (Å²) >= 11 is 0. The van der Waals surface area contributed by atoms with Crippen LogP contribution in [0.2, 0.25) is 0 Å². The molecule has 2 N–H and O–H groups in total. The summed E-state index contributed by atoms with van der Waals surface area (Å²) < 4.78 is 26.1. The topological polar surface area (TPSA) is 62.0 Å². The van der Waals surface area contributed by atoms with Gasteiger partial charge in [-0.25, -0.2) is 8.42 Å². The standard InChI is InChI=1S/C21H24N2O2S/c1-3-21(13-7-9-15-8-4-5-11-17(15)21)18-14-22-20-16(18)10-6-12-19(20)23-26(2,24)25/h4-6,8,10-12,14,22-23H,3,7,9,13H2,1-2H3. The smallest absolute Gasteiger partial charge is 0.229 e. The van der Waals surface area contributed by atoms with Crippen LogP contribution in [-0.4, -0.2) is 19.7 Å².